The van der Waals surface area contributed by atoms with Gasteiger partial charge < -0.3 is 4.74 Å². The molecule has 0 unspecified atom stereocenters. The van der Waals surface area contributed by atoms with Crippen LogP contribution in [0.4, 0.5) is 8.78 Å². The zero-order valence-electron chi connectivity index (χ0n) is 7.70. The van der Waals surface area contributed by atoms with Crippen molar-refractivity contribution in [1.82, 2.24) is 9.36 Å². The molecule has 0 bridgehead atoms. The molecule has 0 aliphatic heterocycles. The van der Waals surface area contributed by atoms with E-state index in [0.717, 1.165) is 23.7 Å². The van der Waals surface area contributed by atoms with Crippen LogP contribution < -0.4 is 4.74 Å². The molecular formula is C9H6F2N2OS. The highest BCUT2D eigenvalue weighted by Crippen LogP contribution is 2.24. The van der Waals surface area contributed by atoms with Gasteiger partial charge in [-0.25, -0.2) is 8.78 Å². The van der Waals surface area contributed by atoms with Crippen molar-refractivity contribution in [3.8, 4) is 10.9 Å². The van der Waals surface area contributed by atoms with Gasteiger partial charge in [-0.3, -0.25) is 0 Å². The van der Waals surface area contributed by atoms with Crippen LogP contribution in [0.25, 0.3) is 0 Å². The molecule has 1 aromatic heterocycles. The largest absolute Gasteiger partial charge is 0.430 e. The summed E-state index contributed by atoms with van der Waals surface area (Å²) in [5.41, 5.74) is 0. The Hall–Kier alpha value is -1.56. The molecule has 15 heavy (non-hydrogen) atoms. The molecule has 0 aliphatic carbocycles. The van der Waals surface area contributed by atoms with Crippen molar-refractivity contribution in [2.75, 3.05) is 0 Å². The highest BCUT2D eigenvalue weighted by atomic mass is 32.1. The lowest BCUT2D eigenvalue weighted by atomic mass is 10.3. The third kappa shape index (κ3) is 2.27. The lowest BCUT2D eigenvalue weighted by molar-refractivity contribution is 0.458. The molecule has 0 N–H and O–H groups in total. The Kier molecular flexibility index (Phi) is 2.59. The average molecular weight is 228 g/mol. The van der Waals surface area contributed by atoms with Gasteiger partial charge in [0.2, 0.25) is 0 Å². The SMILES string of the molecule is Cc1nsc(Oc2ccc(F)c(F)c2)n1. The fraction of sp³-hybridized carbons (Fsp3) is 0.111. The van der Waals surface area contributed by atoms with E-state index in [9.17, 15) is 8.78 Å². The van der Waals surface area contributed by atoms with Crippen LogP contribution in [0.5, 0.6) is 10.9 Å². The van der Waals surface area contributed by atoms with Gasteiger partial charge in [-0.05, 0) is 19.1 Å². The minimum absolute atomic E-state index is 0.199. The van der Waals surface area contributed by atoms with E-state index >= 15 is 0 Å². The van der Waals surface area contributed by atoms with E-state index in [1.165, 1.54) is 6.07 Å². The third-order valence-electron chi connectivity index (χ3n) is 1.61. The van der Waals surface area contributed by atoms with Crippen LogP contribution in [0.2, 0.25) is 0 Å². The molecule has 0 saturated carbocycles. The van der Waals surface area contributed by atoms with Crippen molar-refractivity contribution < 1.29 is 13.5 Å². The Morgan fingerprint density at radius 2 is 2.07 bits per heavy atom. The second-order valence-electron chi connectivity index (χ2n) is 2.79. The van der Waals surface area contributed by atoms with Crippen molar-refractivity contribution in [1.29, 1.82) is 0 Å². The lowest BCUT2D eigenvalue weighted by Gasteiger charge is -2.00. The maximum absolute atomic E-state index is 12.8. The van der Waals surface area contributed by atoms with Crippen molar-refractivity contribution in [2.45, 2.75) is 6.92 Å². The van der Waals surface area contributed by atoms with Gasteiger partial charge in [-0.2, -0.15) is 9.36 Å². The molecule has 78 valence electrons. The number of nitrogens with zero attached hydrogens (tertiary/aromatic N) is 2. The fourth-order valence-electron chi connectivity index (χ4n) is 0.961. The Morgan fingerprint density at radius 1 is 1.27 bits per heavy atom. The number of aromatic nitrogens is 2. The first kappa shape index (κ1) is 9.97. The number of halogens is 2. The van der Waals surface area contributed by atoms with Crippen molar-refractivity contribution in [2.24, 2.45) is 0 Å². The van der Waals surface area contributed by atoms with E-state index in [1.54, 1.807) is 6.92 Å². The second kappa shape index (κ2) is 3.90. The Bertz CT molecular complexity index is 487. The number of hydrogen-bond donors (Lipinski definition) is 0. The first-order valence-corrected chi connectivity index (χ1v) is 4.86. The van der Waals surface area contributed by atoms with Crippen LogP contribution in [-0.4, -0.2) is 9.36 Å². The standard InChI is InChI=1S/C9H6F2N2OS/c1-5-12-9(15-13-5)14-6-2-3-7(10)8(11)4-6/h2-4H,1H3. The third-order valence-corrected chi connectivity index (χ3v) is 2.29. The summed E-state index contributed by atoms with van der Waals surface area (Å²) in [5.74, 6) is -1.08. The average Bonchev–Trinajstić information content (AvgIpc) is 2.58. The van der Waals surface area contributed by atoms with E-state index in [1.807, 2.05) is 0 Å². The first-order valence-electron chi connectivity index (χ1n) is 4.08. The fourth-order valence-corrected chi connectivity index (χ4v) is 1.52. The molecule has 2 aromatic rings. The smallest absolute Gasteiger partial charge is 0.298 e. The predicted molar refractivity (Wildman–Crippen MR) is 51.1 cm³/mol. The van der Waals surface area contributed by atoms with E-state index < -0.39 is 11.6 Å². The van der Waals surface area contributed by atoms with Crippen LogP contribution in [0.15, 0.2) is 18.2 Å². The van der Waals surface area contributed by atoms with Crippen LogP contribution >= 0.6 is 11.5 Å². The Labute approximate surface area is 88.5 Å². The molecule has 1 aromatic carbocycles. The number of aryl methyl sites for hydroxylation is 1. The summed E-state index contributed by atoms with van der Waals surface area (Å²) < 4.78 is 34.4. The molecule has 0 atom stereocenters. The molecule has 0 fully saturated rings. The summed E-state index contributed by atoms with van der Waals surface area (Å²) in [6, 6.07) is 3.29. The lowest BCUT2D eigenvalue weighted by Crippen LogP contribution is -1.87. The highest BCUT2D eigenvalue weighted by Gasteiger charge is 2.06. The molecule has 0 spiro atoms. The van der Waals surface area contributed by atoms with E-state index in [2.05, 4.69) is 9.36 Å². The summed E-state index contributed by atoms with van der Waals surface area (Å²) in [7, 11) is 0. The molecule has 0 saturated heterocycles. The molecule has 6 heteroatoms. The van der Waals surface area contributed by atoms with Gasteiger partial charge in [0.25, 0.3) is 5.19 Å². The number of hydrogen-bond acceptors (Lipinski definition) is 4. The van der Waals surface area contributed by atoms with Crippen molar-refractivity contribution in [3.05, 3.63) is 35.7 Å². The number of ether oxygens (including phenoxy) is 1. The Balaban J connectivity index is 2.21. The minimum atomic E-state index is -0.950. The van der Waals surface area contributed by atoms with Crippen molar-refractivity contribution >= 4 is 11.5 Å². The molecular weight excluding hydrogens is 222 g/mol. The van der Waals surface area contributed by atoms with Gasteiger partial charge in [0.05, 0.1) is 0 Å². The molecule has 2 rings (SSSR count). The number of rotatable bonds is 2. The summed E-state index contributed by atoms with van der Waals surface area (Å²) in [4.78, 5) is 3.93. The van der Waals surface area contributed by atoms with E-state index in [4.69, 9.17) is 4.74 Å². The molecule has 0 radical (unpaired) electrons. The van der Waals surface area contributed by atoms with Gasteiger partial charge >= 0.3 is 0 Å². The maximum Gasteiger partial charge on any atom is 0.298 e. The van der Waals surface area contributed by atoms with Crippen LogP contribution in [0.3, 0.4) is 0 Å². The maximum atomic E-state index is 12.8. The van der Waals surface area contributed by atoms with Gasteiger partial charge in [0.1, 0.15) is 11.6 Å². The van der Waals surface area contributed by atoms with E-state index in [-0.39, 0.29) is 5.75 Å². The second-order valence-corrected chi connectivity index (χ2v) is 3.50. The van der Waals surface area contributed by atoms with Crippen LogP contribution in [0.1, 0.15) is 5.82 Å². The van der Waals surface area contributed by atoms with Gasteiger partial charge in [-0.15, -0.1) is 0 Å². The summed E-state index contributed by atoms with van der Waals surface area (Å²) in [5, 5.41) is 0.304. The normalized spacial score (nSPS) is 10.3. The summed E-state index contributed by atoms with van der Waals surface area (Å²) in [6.07, 6.45) is 0. The minimum Gasteiger partial charge on any atom is -0.430 e. The quantitative estimate of drug-likeness (QED) is 0.792. The zero-order chi connectivity index (χ0) is 10.8. The molecule has 0 amide bonds. The first-order chi connectivity index (χ1) is 7.15. The molecule has 1 heterocycles. The Morgan fingerprint density at radius 3 is 2.67 bits per heavy atom. The zero-order valence-corrected chi connectivity index (χ0v) is 8.52. The topological polar surface area (TPSA) is 35.0 Å². The van der Waals surface area contributed by atoms with Gasteiger partial charge in [0, 0.05) is 17.6 Å². The monoisotopic (exact) mass is 228 g/mol. The molecule has 0 aliphatic rings. The van der Waals surface area contributed by atoms with Crippen LogP contribution in [0, 0.1) is 18.6 Å². The van der Waals surface area contributed by atoms with Gasteiger partial charge in [0.15, 0.2) is 11.6 Å². The summed E-state index contributed by atoms with van der Waals surface area (Å²) in [6.45, 7) is 1.72. The van der Waals surface area contributed by atoms with E-state index in [0.29, 0.717) is 11.0 Å². The molecule has 3 nitrogen and oxygen atoms in total. The predicted octanol–water partition coefficient (Wildman–Crippen LogP) is 2.92. The van der Waals surface area contributed by atoms with Crippen molar-refractivity contribution in [3.63, 3.8) is 0 Å². The highest BCUT2D eigenvalue weighted by molar-refractivity contribution is 7.07. The van der Waals surface area contributed by atoms with Crippen LogP contribution in [-0.2, 0) is 0 Å². The summed E-state index contributed by atoms with van der Waals surface area (Å²) >= 11 is 1.05. The number of benzene rings is 1. The van der Waals surface area contributed by atoms with Gasteiger partial charge in [-0.1, -0.05) is 0 Å².